The van der Waals surface area contributed by atoms with Crippen LogP contribution in [0, 0.1) is 7.14 Å². The van der Waals surface area contributed by atoms with Crippen molar-refractivity contribution in [1.82, 2.24) is 4.98 Å². The standard InChI is InChI=1S/C24H20I2N2O2/c1-3-14(2)15-7-8-22-21(11-15)28-24(30-22)16-5-4-6-19(10-16)27-13-17-9-18(25)12-20(26)23(17)29/h4-14,29H,3H2,1-2H3. The molecular formula is C24H20I2N2O2. The predicted octanol–water partition coefficient (Wildman–Crippen LogP) is 7.67. The van der Waals surface area contributed by atoms with E-state index in [0.29, 0.717) is 17.4 Å². The number of benzene rings is 3. The topological polar surface area (TPSA) is 58.6 Å². The molecule has 1 atom stereocenters. The van der Waals surface area contributed by atoms with Gasteiger partial charge < -0.3 is 9.52 Å². The maximum absolute atomic E-state index is 10.3. The molecule has 3 aromatic carbocycles. The lowest BCUT2D eigenvalue weighted by molar-refractivity contribution is 0.470. The van der Waals surface area contributed by atoms with E-state index >= 15 is 0 Å². The zero-order valence-corrected chi connectivity index (χ0v) is 20.9. The van der Waals surface area contributed by atoms with Crippen molar-refractivity contribution in [2.24, 2.45) is 4.99 Å². The van der Waals surface area contributed by atoms with Crippen LogP contribution in [-0.2, 0) is 0 Å². The van der Waals surface area contributed by atoms with Crippen molar-refractivity contribution < 1.29 is 9.52 Å². The monoisotopic (exact) mass is 622 g/mol. The number of aliphatic imine (C=N–C) groups is 1. The molecule has 152 valence electrons. The van der Waals surface area contributed by atoms with Gasteiger partial charge in [0.25, 0.3) is 0 Å². The highest BCUT2D eigenvalue weighted by Gasteiger charge is 2.11. The van der Waals surface area contributed by atoms with Crippen LogP contribution in [0.4, 0.5) is 5.69 Å². The van der Waals surface area contributed by atoms with Crippen LogP contribution in [0.5, 0.6) is 5.75 Å². The second-order valence-electron chi connectivity index (χ2n) is 7.19. The molecule has 0 amide bonds. The Hall–Kier alpha value is -1.94. The number of phenolic OH excluding ortho intramolecular Hbond substituents is 1. The fourth-order valence-corrected chi connectivity index (χ4v) is 5.05. The van der Waals surface area contributed by atoms with E-state index in [1.165, 1.54) is 5.56 Å². The first kappa shape index (κ1) is 21.3. The number of nitrogens with zero attached hydrogens (tertiary/aromatic N) is 2. The Morgan fingerprint density at radius 2 is 1.97 bits per heavy atom. The summed E-state index contributed by atoms with van der Waals surface area (Å²) in [6, 6.07) is 17.8. The Morgan fingerprint density at radius 3 is 2.77 bits per heavy atom. The predicted molar refractivity (Wildman–Crippen MR) is 139 cm³/mol. The quantitative estimate of drug-likeness (QED) is 0.184. The molecule has 0 aliphatic carbocycles. The summed E-state index contributed by atoms with van der Waals surface area (Å²) in [6.45, 7) is 4.41. The number of oxazole rings is 1. The SMILES string of the molecule is CCC(C)c1ccc2oc(-c3cccc(N=Cc4cc(I)cc(I)c4O)c3)nc2c1. The zero-order valence-electron chi connectivity index (χ0n) is 16.6. The zero-order chi connectivity index (χ0) is 21.3. The molecule has 1 aromatic heterocycles. The van der Waals surface area contributed by atoms with Crippen LogP contribution in [0.1, 0.15) is 37.3 Å². The molecule has 0 aliphatic heterocycles. The number of aromatic nitrogens is 1. The van der Waals surface area contributed by atoms with Crippen LogP contribution in [0.25, 0.3) is 22.6 Å². The average molecular weight is 622 g/mol. The van der Waals surface area contributed by atoms with Gasteiger partial charge in [0.15, 0.2) is 5.58 Å². The van der Waals surface area contributed by atoms with Gasteiger partial charge in [-0.25, -0.2) is 4.98 Å². The summed E-state index contributed by atoms with van der Waals surface area (Å²) in [7, 11) is 0. The van der Waals surface area contributed by atoms with Crippen molar-refractivity contribution in [3.8, 4) is 17.2 Å². The normalized spacial score (nSPS) is 12.7. The van der Waals surface area contributed by atoms with Crippen molar-refractivity contribution in [3.05, 3.63) is 72.9 Å². The minimum Gasteiger partial charge on any atom is -0.506 e. The number of hydrogen-bond donors (Lipinski definition) is 1. The Kier molecular flexibility index (Phi) is 6.43. The summed E-state index contributed by atoms with van der Waals surface area (Å²) < 4.78 is 7.84. The van der Waals surface area contributed by atoms with Crippen LogP contribution in [0.15, 0.2) is 64.0 Å². The van der Waals surface area contributed by atoms with Gasteiger partial charge in [-0.3, -0.25) is 4.99 Å². The van der Waals surface area contributed by atoms with Gasteiger partial charge in [-0.05, 0) is 106 Å². The van der Waals surface area contributed by atoms with Gasteiger partial charge >= 0.3 is 0 Å². The second kappa shape index (κ2) is 9.05. The van der Waals surface area contributed by atoms with Gasteiger partial charge in [0.2, 0.25) is 5.89 Å². The fourth-order valence-electron chi connectivity index (χ4n) is 3.16. The van der Waals surface area contributed by atoms with Gasteiger partial charge in [-0.1, -0.05) is 26.0 Å². The molecule has 6 heteroatoms. The highest BCUT2D eigenvalue weighted by molar-refractivity contribution is 14.1. The molecular weight excluding hydrogens is 602 g/mol. The lowest BCUT2D eigenvalue weighted by atomic mass is 9.98. The Labute approximate surface area is 202 Å². The van der Waals surface area contributed by atoms with Crippen molar-refractivity contribution >= 4 is 68.2 Å². The second-order valence-corrected chi connectivity index (χ2v) is 9.60. The lowest BCUT2D eigenvalue weighted by Gasteiger charge is -2.07. The minimum absolute atomic E-state index is 0.243. The molecule has 4 nitrogen and oxygen atoms in total. The third kappa shape index (κ3) is 4.54. The lowest BCUT2D eigenvalue weighted by Crippen LogP contribution is -1.90. The highest BCUT2D eigenvalue weighted by Crippen LogP contribution is 2.30. The Balaban J connectivity index is 1.65. The van der Waals surface area contributed by atoms with Crippen molar-refractivity contribution in [3.63, 3.8) is 0 Å². The summed E-state index contributed by atoms with van der Waals surface area (Å²) in [4.78, 5) is 9.24. The third-order valence-electron chi connectivity index (χ3n) is 5.10. The molecule has 1 unspecified atom stereocenters. The number of halogens is 2. The Morgan fingerprint density at radius 1 is 1.13 bits per heavy atom. The highest BCUT2D eigenvalue weighted by atomic mass is 127. The van der Waals surface area contributed by atoms with Gasteiger partial charge in [-0.15, -0.1) is 0 Å². The van der Waals surface area contributed by atoms with E-state index in [9.17, 15) is 5.11 Å². The summed E-state index contributed by atoms with van der Waals surface area (Å²) in [5, 5.41) is 10.3. The smallest absolute Gasteiger partial charge is 0.227 e. The molecule has 0 bridgehead atoms. The van der Waals surface area contributed by atoms with Crippen LogP contribution >= 0.6 is 45.2 Å². The molecule has 4 aromatic rings. The van der Waals surface area contributed by atoms with E-state index in [4.69, 9.17) is 9.40 Å². The molecule has 0 aliphatic rings. The number of hydrogen-bond acceptors (Lipinski definition) is 4. The van der Waals surface area contributed by atoms with Crippen molar-refractivity contribution in [2.75, 3.05) is 0 Å². The van der Waals surface area contributed by atoms with Crippen LogP contribution in [0.3, 0.4) is 0 Å². The first-order chi connectivity index (χ1) is 14.4. The number of rotatable bonds is 5. The first-order valence-electron chi connectivity index (χ1n) is 9.67. The first-order valence-corrected chi connectivity index (χ1v) is 11.8. The minimum atomic E-state index is 0.243. The van der Waals surface area contributed by atoms with Crippen LogP contribution < -0.4 is 0 Å². The van der Waals surface area contributed by atoms with E-state index in [2.05, 4.69) is 76.2 Å². The molecule has 0 saturated carbocycles. The summed E-state index contributed by atoms with van der Waals surface area (Å²) in [6.07, 6.45) is 2.77. The molecule has 0 fully saturated rings. The molecule has 0 spiro atoms. The number of fused-ring (bicyclic) bond motifs is 1. The van der Waals surface area contributed by atoms with Crippen molar-refractivity contribution in [1.29, 1.82) is 0 Å². The molecule has 4 rings (SSSR count). The largest absolute Gasteiger partial charge is 0.506 e. The maximum atomic E-state index is 10.3. The summed E-state index contributed by atoms with van der Waals surface area (Å²) in [5.41, 5.74) is 5.25. The van der Waals surface area contributed by atoms with Crippen LogP contribution in [0.2, 0.25) is 0 Å². The summed E-state index contributed by atoms with van der Waals surface area (Å²) in [5.74, 6) is 1.31. The van der Waals surface area contributed by atoms with Gasteiger partial charge in [0, 0.05) is 20.9 Å². The Bertz CT molecular complexity index is 1250. The van der Waals surface area contributed by atoms with E-state index in [1.54, 1.807) is 6.21 Å². The molecule has 1 N–H and O–H groups in total. The molecule has 30 heavy (non-hydrogen) atoms. The maximum Gasteiger partial charge on any atom is 0.227 e. The van der Waals surface area contributed by atoms with Crippen LogP contribution in [-0.4, -0.2) is 16.3 Å². The van der Waals surface area contributed by atoms with E-state index < -0.39 is 0 Å². The third-order valence-corrected chi connectivity index (χ3v) is 6.54. The van der Waals surface area contributed by atoms with Gasteiger partial charge in [0.05, 0.1) is 9.26 Å². The molecule has 1 heterocycles. The number of aromatic hydroxyl groups is 1. The van der Waals surface area contributed by atoms with E-state index in [1.807, 2.05) is 42.5 Å². The van der Waals surface area contributed by atoms with Gasteiger partial charge in [-0.2, -0.15) is 0 Å². The number of phenols is 1. The molecule has 0 saturated heterocycles. The summed E-state index contributed by atoms with van der Waals surface area (Å²) >= 11 is 4.35. The fraction of sp³-hybridized carbons (Fsp3) is 0.167. The van der Waals surface area contributed by atoms with Crippen molar-refractivity contribution in [2.45, 2.75) is 26.2 Å². The van der Waals surface area contributed by atoms with Gasteiger partial charge in [0.1, 0.15) is 11.3 Å². The molecule has 0 radical (unpaired) electrons. The van der Waals surface area contributed by atoms with E-state index in [0.717, 1.165) is 35.9 Å². The average Bonchev–Trinajstić information content (AvgIpc) is 3.18. The van der Waals surface area contributed by atoms with E-state index in [-0.39, 0.29) is 5.75 Å².